The van der Waals surface area contributed by atoms with E-state index in [0.29, 0.717) is 23.5 Å². The van der Waals surface area contributed by atoms with Crippen molar-refractivity contribution in [1.82, 2.24) is 9.88 Å². The molecule has 2 aromatic carbocycles. The molecule has 32 heavy (non-hydrogen) atoms. The van der Waals surface area contributed by atoms with E-state index in [2.05, 4.69) is 10.3 Å². The first kappa shape index (κ1) is 22.2. The van der Waals surface area contributed by atoms with Gasteiger partial charge in [0, 0.05) is 36.9 Å². The molecular weight excluding hydrogens is 438 g/mol. The molecule has 0 saturated heterocycles. The predicted molar refractivity (Wildman–Crippen MR) is 134 cm³/mol. The van der Waals surface area contributed by atoms with E-state index in [1.54, 1.807) is 4.57 Å². The Balaban J connectivity index is 1.26. The van der Waals surface area contributed by atoms with E-state index < -0.39 is 0 Å². The second-order valence-corrected chi connectivity index (χ2v) is 9.33. The van der Waals surface area contributed by atoms with Crippen molar-refractivity contribution in [1.29, 1.82) is 0 Å². The van der Waals surface area contributed by atoms with Crippen LogP contribution in [-0.4, -0.2) is 21.8 Å². The number of amides is 1. The third kappa shape index (κ3) is 5.41. The number of thiazole rings is 1. The van der Waals surface area contributed by atoms with Crippen LogP contribution in [0.2, 0.25) is 0 Å². The van der Waals surface area contributed by atoms with E-state index in [9.17, 15) is 9.90 Å². The number of nitrogens with zero attached hydrogens (tertiary/aromatic N) is 2. The van der Waals surface area contributed by atoms with Gasteiger partial charge in [-0.1, -0.05) is 55.0 Å². The first-order valence-electron chi connectivity index (χ1n) is 10.7. The van der Waals surface area contributed by atoms with Crippen LogP contribution < -0.4 is 5.32 Å². The van der Waals surface area contributed by atoms with Gasteiger partial charge in [0.05, 0.1) is 10.6 Å². The lowest BCUT2D eigenvalue weighted by Crippen LogP contribution is -2.22. The lowest BCUT2D eigenvalue weighted by Gasteiger charge is -2.07. The molecular formula is C25H25N3O2S2. The van der Waals surface area contributed by atoms with Crippen molar-refractivity contribution in [3.05, 3.63) is 74.6 Å². The normalized spacial score (nSPS) is 13.4. The number of aromatic hydroxyl groups is 1. The van der Waals surface area contributed by atoms with Crippen molar-refractivity contribution in [2.24, 2.45) is 4.99 Å². The minimum atomic E-state index is 0.0660. The number of unbranched alkanes of at least 4 members (excludes halogenated alkanes) is 2. The maximum Gasteiger partial charge on any atom is 0.220 e. The van der Waals surface area contributed by atoms with Crippen molar-refractivity contribution in [2.75, 3.05) is 0 Å². The lowest BCUT2D eigenvalue weighted by molar-refractivity contribution is -0.121. The van der Waals surface area contributed by atoms with Crippen LogP contribution in [0.3, 0.4) is 0 Å². The van der Waals surface area contributed by atoms with Crippen LogP contribution in [0.25, 0.3) is 11.6 Å². The highest BCUT2D eigenvalue weighted by Crippen LogP contribution is 2.35. The molecule has 7 heteroatoms. The standard InChI is InChI=1S/C25H25N3O2S2/c29-23(27-16-18-9-3-1-4-10-18)13-5-2-8-14-28-24(30)22(32-25(28)31)15-19-17-26-21-12-7-6-11-20(19)21/h1,3-4,6-7,9-12,15,17,30H,2,5,8,13-14,16H2,(H,27,29)/b19-15+. The number of rotatable bonds is 9. The van der Waals surface area contributed by atoms with Crippen LogP contribution >= 0.6 is 23.6 Å². The summed E-state index contributed by atoms with van der Waals surface area (Å²) in [6.07, 6.45) is 6.82. The van der Waals surface area contributed by atoms with Crippen molar-refractivity contribution >= 4 is 53.0 Å². The summed E-state index contributed by atoms with van der Waals surface area (Å²) < 4.78 is 2.43. The van der Waals surface area contributed by atoms with Gasteiger partial charge < -0.3 is 10.4 Å². The molecule has 164 valence electrons. The number of aliphatic imine (C=N–C) groups is 1. The number of nitrogens with one attached hydrogen (secondary N) is 1. The summed E-state index contributed by atoms with van der Waals surface area (Å²) in [6, 6.07) is 17.8. The van der Waals surface area contributed by atoms with Crippen LogP contribution in [0.15, 0.2) is 59.6 Å². The van der Waals surface area contributed by atoms with Crippen LogP contribution in [0.1, 0.15) is 41.7 Å². The molecule has 3 aromatic rings. The number of fused-ring (bicyclic) bond motifs is 1. The fraction of sp³-hybridized carbons (Fsp3) is 0.240. The van der Waals surface area contributed by atoms with E-state index in [4.69, 9.17) is 12.2 Å². The molecule has 4 rings (SSSR count). The minimum absolute atomic E-state index is 0.0660. The van der Waals surface area contributed by atoms with E-state index in [-0.39, 0.29) is 11.8 Å². The fourth-order valence-corrected chi connectivity index (χ4v) is 4.93. The number of carbonyl (C=O) groups is 1. The van der Waals surface area contributed by atoms with Crippen molar-refractivity contribution in [3.63, 3.8) is 0 Å². The molecule has 2 N–H and O–H groups in total. The number of para-hydroxylation sites is 1. The van der Waals surface area contributed by atoms with Crippen LogP contribution in [0.5, 0.6) is 5.88 Å². The Labute approximate surface area is 196 Å². The number of benzene rings is 2. The summed E-state index contributed by atoms with van der Waals surface area (Å²) in [7, 11) is 0. The highest BCUT2D eigenvalue weighted by Gasteiger charge is 2.15. The number of allylic oxidation sites excluding steroid dienone is 1. The van der Waals surface area contributed by atoms with E-state index in [0.717, 1.165) is 46.5 Å². The molecule has 0 spiro atoms. The molecule has 1 aliphatic heterocycles. The summed E-state index contributed by atoms with van der Waals surface area (Å²) >= 11 is 6.88. The van der Waals surface area contributed by atoms with Gasteiger partial charge in [-0.05, 0) is 42.8 Å². The van der Waals surface area contributed by atoms with Crippen molar-refractivity contribution in [2.45, 2.75) is 38.8 Å². The average molecular weight is 464 g/mol. The summed E-state index contributed by atoms with van der Waals surface area (Å²) in [5.74, 6) is 0.266. The molecule has 5 nitrogen and oxygen atoms in total. The fourth-order valence-electron chi connectivity index (χ4n) is 3.62. The Morgan fingerprint density at radius 1 is 1.09 bits per heavy atom. The summed E-state index contributed by atoms with van der Waals surface area (Å²) in [5.41, 5.74) is 4.07. The Morgan fingerprint density at radius 2 is 1.88 bits per heavy atom. The maximum absolute atomic E-state index is 12.0. The Morgan fingerprint density at radius 3 is 2.72 bits per heavy atom. The highest BCUT2D eigenvalue weighted by molar-refractivity contribution is 7.73. The zero-order chi connectivity index (χ0) is 22.3. The maximum atomic E-state index is 12.0. The van der Waals surface area contributed by atoms with Crippen LogP contribution in [0, 0.1) is 3.95 Å². The Hall–Kier alpha value is -3.03. The van der Waals surface area contributed by atoms with Crippen molar-refractivity contribution < 1.29 is 9.90 Å². The highest BCUT2D eigenvalue weighted by atomic mass is 32.1. The molecule has 0 fully saturated rings. The van der Waals surface area contributed by atoms with Crippen LogP contribution in [-0.2, 0) is 17.9 Å². The predicted octanol–water partition coefficient (Wildman–Crippen LogP) is 6.12. The van der Waals surface area contributed by atoms with Gasteiger partial charge in [-0.15, -0.1) is 11.3 Å². The second kappa shape index (κ2) is 10.5. The van der Waals surface area contributed by atoms with Gasteiger partial charge in [-0.2, -0.15) is 0 Å². The topological polar surface area (TPSA) is 66.6 Å². The van der Waals surface area contributed by atoms with Gasteiger partial charge in [0.25, 0.3) is 0 Å². The first-order chi connectivity index (χ1) is 15.6. The Bertz CT molecular complexity index is 1210. The van der Waals surface area contributed by atoms with Gasteiger partial charge in [0.15, 0.2) is 3.95 Å². The van der Waals surface area contributed by atoms with Crippen LogP contribution in [0.4, 0.5) is 5.69 Å². The number of hydrogen-bond donors (Lipinski definition) is 2. The van der Waals surface area contributed by atoms with E-state index in [1.807, 2.05) is 66.9 Å². The van der Waals surface area contributed by atoms with Gasteiger partial charge in [-0.25, -0.2) is 0 Å². The molecule has 2 heterocycles. The molecule has 0 radical (unpaired) electrons. The van der Waals surface area contributed by atoms with Gasteiger partial charge in [0.2, 0.25) is 11.8 Å². The Kier molecular flexibility index (Phi) is 7.29. The first-order valence-corrected chi connectivity index (χ1v) is 11.9. The smallest absolute Gasteiger partial charge is 0.220 e. The third-order valence-corrected chi connectivity index (χ3v) is 6.74. The lowest BCUT2D eigenvalue weighted by atomic mass is 10.1. The molecule has 0 atom stereocenters. The van der Waals surface area contributed by atoms with Crippen molar-refractivity contribution in [3.8, 4) is 5.88 Å². The zero-order valence-electron chi connectivity index (χ0n) is 17.7. The molecule has 0 bridgehead atoms. The molecule has 1 aromatic heterocycles. The average Bonchev–Trinajstić information content (AvgIpc) is 3.34. The summed E-state index contributed by atoms with van der Waals surface area (Å²) in [6.45, 7) is 1.20. The third-order valence-electron chi connectivity index (χ3n) is 5.36. The minimum Gasteiger partial charge on any atom is -0.493 e. The number of carbonyl (C=O) groups excluding carboxylic acids is 1. The SMILES string of the molecule is O=C(CCCCCn1c(O)c(/C=C2\C=Nc3ccccc32)sc1=S)NCc1ccccc1. The van der Waals surface area contributed by atoms with E-state index >= 15 is 0 Å². The monoisotopic (exact) mass is 463 g/mol. The summed E-state index contributed by atoms with van der Waals surface area (Å²) in [4.78, 5) is 17.2. The molecule has 1 amide bonds. The molecule has 1 aliphatic rings. The number of hydrogen-bond acceptors (Lipinski definition) is 5. The van der Waals surface area contributed by atoms with Gasteiger partial charge >= 0.3 is 0 Å². The van der Waals surface area contributed by atoms with E-state index in [1.165, 1.54) is 11.3 Å². The summed E-state index contributed by atoms with van der Waals surface area (Å²) in [5, 5.41) is 13.6. The molecule has 0 aliphatic carbocycles. The van der Waals surface area contributed by atoms with Gasteiger partial charge in [-0.3, -0.25) is 14.4 Å². The van der Waals surface area contributed by atoms with Gasteiger partial charge in [0.1, 0.15) is 0 Å². The molecule has 0 unspecified atom stereocenters. The largest absolute Gasteiger partial charge is 0.493 e. The quantitative estimate of drug-likeness (QED) is 0.297. The second-order valence-electron chi connectivity index (χ2n) is 7.66. The number of aromatic nitrogens is 1. The molecule has 0 saturated carbocycles. The zero-order valence-corrected chi connectivity index (χ0v) is 19.3.